The highest BCUT2D eigenvalue weighted by atomic mass is 19.1. The van der Waals surface area contributed by atoms with Crippen LogP contribution in [0, 0.1) is 40.2 Å². The maximum absolute atomic E-state index is 14.0. The zero-order chi connectivity index (χ0) is 14.9. The number of hydrogen-bond acceptors (Lipinski definition) is 3. The monoisotopic (exact) mass is 271 g/mol. The van der Waals surface area contributed by atoms with Crippen LogP contribution in [0.1, 0.15) is 25.3 Å². The van der Waals surface area contributed by atoms with Crippen LogP contribution in [-0.2, 0) is 0 Å². The van der Waals surface area contributed by atoms with E-state index >= 15 is 0 Å². The van der Waals surface area contributed by atoms with E-state index in [2.05, 4.69) is 11.1 Å². The van der Waals surface area contributed by atoms with Crippen LogP contribution in [0.4, 0.5) is 8.78 Å². The van der Waals surface area contributed by atoms with Gasteiger partial charge < -0.3 is 0 Å². The average molecular weight is 271 g/mol. The molecule has 5 heteroatoms. The summed E-state index contributed by atoms with van der Waals surface area (Å²) in [6.45, 7) is 3.31. The van der Waals surface area contributed by atoms with Crippen molar-refractivity contribution >= 4 is 5.71 Å². The van der Waals surface area contributed by atoms with Gasteiger partial charge in [-0.25, -0.2) is 8.78 Å². The third kappa shape index (κ3) is 2.19. The van der Waals surface area contributed by atoms with E-state index in [1.807, 2.05) is 6.07 Å². The number of halogens is 2. The minimum absolute atomic E-state index is 0.142. The Morgan fingerprint density at radius 3 is 2.45 bits per heavy atom. The number of nitrogens with zero attached hydrogens (tertiary/aromatic N) is 3. The molecule has 2 rings (SSSR count). The van der Waals surface area contributed by atoms with Gasteiger partial charge in [-0.1, -0.05) is 6.07 Å². The van der Waals surface area contributed by atoms with Crippen molar-refractivity contribution in [2.45, 2.75) is 19.8 Å². The van der Waals surface area contributed by atoms with Crippen molar-refractivity contribution in [2.24, 2.45) is 10.9 Å². The second-order valence-corrected chi connectivity index (χ2v) is 4.61. The number of allylic oxidation sites excluding steroid dienone is 2. The number of aliphatic imine (C=N–C) groups is 1. The van der Waals surface area contributed by atoms with Gasteiger partial charge in [0.25, 0.3) is 0 Å². The first-order valence-corrected chi connectivity index (χ1v) is 6.00. The predicted molar refractivity (Wildman–Crippen MR) is 69.6 cm³/mol. The predicted octanol–water partition coefficient (Wildman–Crippen LogP) is 3.46. The molecule has 1 aliphatic rings. The molecule has 0 fully saturated rings. The minimum Gasteiger partial charge on any atom is -0.260 e. The number of hydrogen-bond donors (Lipinski definition) is 0. The van der Waals surface area contributed by atoms with Gasteiger partial charge in [0.05, 0.1) is 29.3 Å². The molecule has 1 aliphatic heterocycles. The Bertz CT molecular complexity index is 705. The van der Waals surface area contributed by atoms with Gasteiger partial charge in [-0.05, 0) is 25.5 Å². The quantitative estimate of drug-likeness (QED) is 0.785. The minimum atomic E-state index is -0.759. The number of rotatable bonds is 1. The third-order valence-corrected chi connectivity index (χ3v) is 3.39. The van der Waals surface area contributed by atoms with E-state index in [0.29, 0.717) is 11.4 Å². The molecule has 0 radical (unpaired) electrons. The summed E-state index contributed by atoms with van der Waals surface area (Å²) in [7, 11) is 0. The molecule has 0 aromatic heterocycles. The number of nitriles is 2. The molecule has 100 valence electrons. The van der Waals surface area contributed by atoms with Gasteiger partial charge in [-0.15, -0.1) is 0 Å². The van der Waals surface area contributed by atoms with Gasteiger partial charge >= 0.3 is 0 Å². The topological polar surface area (TPSA) is 59.9 Å². The van der Waals surface area contributed by atoms with E-state index in [-0.39, 0.29) is 11.1 Å². The smallest absolute Gasteiger partial charge is 0.130 e. The molecular formula is C15H11F2N3. The second kappa shape index (κ2) is 5.22. The standard InChI is InChI=1S/C15H11F2N3/c1-8-12(6-18)15(13(7-19)9(2)20-8)11-4-3-10(16)5-14(11)17/h3-5,12,15H,1-2H3/t12?,15-/m0/s1. The van der Waals surface area contributed by atoms with Crippen molar-refractivity contribution in [2.75, 3.05) is 0 Å². The fourth-order valence-electron chi connectivity index (χ4n) is 2.43. The first-order valence-electron chi connectivity index (χ1n) is 6.00. The zero-order valence-corrected chi connectivity index (χ0v) is 11.0. The van der Waals surface area contributed by atoms with E-state index < -0.39 is 23.5 Å². The summed E-state index contributed by atoms with van der Waals surface area (Å²) < 4.78 is 27.0. The van der Waals surface area contributed by atoms with Crippen LogP contribution < -0.4 is 0 Å². The van der Waals surface area contributed by atoms with Crippen LogP contribution in [0.2, 0.25) is 0 Å². The van der Waals surface area contributed by atoms with Crippen molar-refractivity contribution in [1.82, 2.24) is 0 Å². The van der Waals surface area contributed by atoms with Gasteiger partial charge in [0, 0.05) is 17.7 Å². The van der Waals surface area contributed by atoms with Gasteiger partial charge in [0.1, 0.15) is 11.6 Å². The van der Waals surface area contributed by atoms with Gasteiger partial charge in [-0.2, -0.15) is 10.5 Å². The lowest BCUT2D eigenvalue weighted by molar-refractivity contribution is 0.554. The largest absolute Gasteiger partial charge is 0.260 e. The van der Waals surface area contributed by atoms with Crippen molar-refractivity contribution in [3.63, 3.8) is 0 Å². The van der Waals surface area contributed by atoms with Crippen LogP contribution in [0.15, 0.2) is 34.5 Å². The lowest BCUT2D eigenvalue weighted by Gasteiger charge is -2.27. The molecule has 0 saturated carbocycles. The molecular weight excluding hydrogens is 260 g/mol. The first kappa shape index (κ1) is 13.9. The van der Waals surface area contributed by atoms with E-state index in [1.165, 1.54) is 6.07 Å². The molecule has 20 heavy (non-hydrogen) atoms. The average Bonchev–Trinajstić information content (AvgIpc) is 2.38. The Morgan fingerprint density at radius 1 is 1.20 bits per heavy atom. The van der Waals surface area contributed by atoms with Crippen molar-refractivity contribution < 1.29 is 8.78 Å². The Balaban J connectivity index is 2.66. The number of benzene rings is 1. The van der Waals surface area contributed by atoms with E-state index in [1.54, 1.807) is 13.8 Å². The second-order valence-electron chi connectivity index (χ2n) is 4.61. The molecule has 3 nitrogen and oxygen atoms in total. The van der Waals surface area contributed by atoms with Crippen molar-refractivity contribution in [3.05, 3.63) is 46.7 Å². The zero-order valence-electron chi connectivity index (χ0n) is 11.0. The van der Waals surface area contributed by atoms with E-state index in [0.717, 1.165) is 12.1 Å². The molecule has 1 aromatic carbocycles. The Labute approximate surface area is 115 Å². The molecule has 0 amide bonds. The fourth-order valence-corrected chi connectivity index (χ4v) is 2.43. The van der Waals surface area contributed by atoms with Gasteiger partial charge in [-0.3, -0.25) is 4.99 Å². The van der Waals surface area contributed by atoms with Crippen LogP contribution in [-0.4, -0.2) is 5.71 Å². The van der Waals surface area contributed by atoms with Crippen LogP contribution >= 0.6 is 0 Å². The maximum atomic E-state index is 14.0. The highest BCUT2D eigenvalue weighted by molar-refractivity contribution is 5.90. The summed E-state index contributed by atoms with van der Waals surface area (Å²) in [5, 5.41) is 18.5. The van der Waals surface area contributed by atoms with Gasteiger partial charge in [0.15, 0.2) is 0 Å². The highest BCUT2D eigenvalue weighted by Gasteiger charge is 2.35. The lowest BCUT2D eigenvalue weighted by atomic mass is 9.77. The van der Waals surface area contributed by atoms with Crippen molar-refractivity contribution in [3.8, 4) is 12.1 Å². The fraction of sp³-hybridized carbons (Fsp3) is 0.267. The molecule has 0 spiro atoms. The summed E-state index contributed by atoms with van der Waals surface area (Å²) in [4.78, 5) is 4.16. The molecule has 0 aliphatic carbocycles. The third-order valence-electron chi connectivity index (χ3n) is 3.39. The Hall–Kier alpha value is -2.53. The van der Waals surface area contributed by atoms with E-state index in [9.17, 15) is 19.3 Å². The molecule has 0 saturated heterocycles. The molecule has 0 N–H and O–H groups in total. The van der Waals surface area contributed by atoms with Crippen molar-refractivity contribution in [1.29, 1.82) is 10.5 Å². The Kier molecular flexibility index (Phi) is 3.63. The summed E-state index contributed by atoms with van der Waals surface area (Å²) in [5.74, 6) is -2.93. The summed E-state index contributed by atoms with van der Waals surface area (Å²) >= 11 is 0. The lowest BCUT2D eigenvalue weighted by Crippen LogP contribution is -2.25. The molecule has 0 bridgehead atoms. The molecule has 1 unspecified atom stereocenters. The SMILES string of the molecule is CC1=NC(C)=C(C#N)[C@@H](c2ccc(F)cc2F)C1C#N. The maximum Gasteiger partial charge on any atom is 0.130 e. The molecule has 1 aromatic rings. The van der Waals surface area contributed by atoms with Crippen LogP contribution in [0.25, 0.3) is 0 Å². The summed E-state index contributed by atoms with van der Waals surface area (Å²) in [6.07, 6.45) is 0. The van der Waals surface area contributed by atoms with Crippen LogP contribution in [0.5, 0.6) is 0 Å². The highest BCUT2D eigenvalue weighted by Crippen LogP contribution is 2.39. The summed E-state index contributed by atoms with van der Waals surface area (Å²) in [5.41, 5.74) is 1.37. The Morgan fingerprint density at radius 2 is 1.90 bits per heavy atom. The normalized spacial score (nSPS) is 22.0. The molecule has 1 heterocycles. The van der Waals surface area contributed by atoms with Crippen LogP contribution in [0.3, 0.4) is 0 Å². The van der Waals surface area contributed by atoms with E-state index in [4.69, 9.17) is 0 Å². The summed E-state index contributed by atoms with van der Waals surface area (Å²) in [6, 6.07) is 7.21. The van der Waals surface area contributed by atoms with Gasteiger partial charge in [0.2, 0.25) is 0 Å². The molecule has 2 atom stereocenters. The first-order chi connectivity index (χ1) is 9.49.